The maximum atomic E-state index is 6.06. The molecule has 0 aliphatic rings. The van der Waals surface area contributed by atoms with Crippen molar-refractivity contribution in [2.45, 2.75) is 32.4 Å². The van der Waals surface area contributed by atoms with Crippen LogP contribution in [0.5, 0.6) is 11.5 Å². The van der Waals surface area contributed by atoms with Gasteiger partial charge in [-0.3, -0.25) is 0 Å². The van der Waals surface area contributed by atoms with E-state index in [1.54, 1.807) is 21.3 Å². The van der Waals surface area contributed by atoms with Crippen LogP contribution in [0.25, 0.3) is 0 Å². The summed E-state index contributed by atoms with van der Waals surface area (Å²) in [4.78, 5) is 0. The third-order valence-electron chi connectivity index (χ3n) is 2.63. The molecule has 0 aliphatic carbocycles. The van der Waals surface area contributed by atoms with Crippen LogP contribution in [0.4, 0.5) is 0 Å². The lowest BCUT2D eigenvalue weighted by Gasteiger charge is -2.22. The van der Waals surface area contributed by atoms with Gasteiger partial charge in [0.15, 0.2) is 11.5 Å². The SMILES string of the molecule is COCc1ccc(CC(C)(C)N)c(OC)c1OC. The zero-order valence-electron chi connectivity index (χ0n) is 11.9. The average molecular weight is 253 g/mol. The molecule has 2 N–H and O–H groups in total. The summed E-state index contributed by atoms with van der Waals surface area (Å²) < 4.78 is 16.0. The van der Waals surface area contributed by atoms with Gasteiger partial charge in [-0.15, -0.1) is 0 Å². The maximum absolute atomic E-state index is 6.06. The fraction of sp³-hybridized carbons (Fsp3) is 0.571. The van der Waals surface area contributed by atoms with Gasteiger partial charge in [0.25, 0.3) is 0 Å². The smallest absolute Gasteiger partial charge is 0.166 e. The van der Waals surface area contributed by atoms with Crippen molar-refractivity contribution in [1.82, 2.24) is 0 Å². The van der Waals surface area contributed by atoms with E-state index in [1.807, 2.05) is 26.0 Å². The molecular formula is C14H23NO3. The predicted octanol–water partition coefficient (Wildman–Crippen LogP) is 2.13. The third-order valence-corrected chi connectivity index (χ3v) is 2.63. The van der Waals surface area contributed by atoms with Crippen LogP contribution in [0.1, 0.15) is 25.0 Å². The van der Waals surface area contributed by atoms with Crippen molar-refractivity contribution < 1.29 is 14.2 Å². The van der Waals surface area contributed by atoms with E-state index < -0.39 is 0 Å². The van der Waals surface area contributed by atoms with Gasteiger partial charge in [-0.2, -0.15) is 0 Å². The van der Waals surface area contributed by atoms with E-state index in [9.17, 15) is 0 Å². The molecule has 18 heavy (non-hydrogen) atoms. The minimum absolute atomic E-state index is 0.291. The minimum atomic E-state index is -0.291. The Balaban J connectivity index is 3.21. The fourth-order valence-corrected chi connectivity index (χ4v) is 1.99. The van der Waals surface area contributed by atoms with Gasteiger partial charge in [-0.1, -0.05) is 12.1 Å². The highest BCUT2D eigenvalue weighted by atomic mass is 16.5. The van der Waals surface area contributed by atoms with E-state index in [4.69, 9.17) is 19.9 Å². The fourth-order valence-electron chi connectivity index (χ4n) is 1.99. The summed E-state index contributed by atoms with van der Waals surface area (Å²) in [6.45, 7) is 4.47. The summed E-state index contributed by atoms with van der Waals surface area (Å²) in [7, 11) is 4.93. The molecule has 0 atom stereocenters. The van der Waals surface area contributed by atoms with E-state index in [0.29, 0.717) is 6.61 Å². The second-order valence-corrected chi connectivity index (χ2v) is 5.05. The third kappa shape index (κ3) is 3.62. The second-order valence-electron chi connectivity index (χ2n) is 5.05. The topological polar surface area (TPSA) is 53.7 Å². The van der Waals surface area contributed by atoms with Crippen LogP contribution in [0.2, 0.25) is 0 Å². The molecule has 1 aromatic rings. The zero-order valence-corrected chi connectivity index (χ0v) is 11.9. The number of nitrogens with two attached hydrogens (primary N) is 1. The lowest BCUT2D eigenvalue weighted by molar-refractivity contribution is 0.180. The van der Waals surface area contributed by atoms with Crippen LogP contribution in [-0.2, 0) is 17.8 Å². The Bertz CT molecular complexity index is 397. The van der Waals surface area contributed by atoms with E-state index in [1.165, 1.54) is 0 Å². The van der Waals surface area contributed by atoms with Crippen molar-refractivity contribution in [3.05, 3.63) is 23.3 Å². The summed E-state index contributed by atoms with van der Waals surface area (Å²) in [5.41, 5.74) is 7.78. The first-order valence-electron chi connectivity index (χ1n) is 5.93. The van der Waals surface area contributed by atoms with Gasteiger partial charge in [0, 0.05) is 18.2 Å². The summed E-state index contributed by atoms with van der Waals surface area (Å²) in [6, 6.07) is 4.01. The number of benzene rings is 1. The largest absolute Gasteiger partial charge is 0.493 e. The molecule has 0 aliphatic heterocycles. The minimum Gasteiger partial charge on any atom is -0.493 e. The Morgan fingerprint density at radius 3 is 1.94 bits per heavy atom. The molecule has 0 heterocycles. The molecular weight excluding hydrogens is 230 g/mol. The van der Waals surface area contributed by atoms with Crippen molar-refractivity contribution >= 4 is 0 Å². The molecule has 0 unspecified atom stereocenters. The predicted molar refractivity (Wildman–Crippen MR) is 72.2 cm³/mol. The molecule has 1 rings (SSSR count). The highest BCUT2D eigenvalue weighted by Crippen LogP contribution is 2.36. The summed E-state index contributed by atoms with van der Waals surface area (Å²) >= 11 is 0. The normalized spacial score (nSPS) is 11.4. The first kappa shape index (κ1) is 14.8. The van der Waals surface area contributed by atoms with Gasteiger partial charge in [-0.05, 0) is 25.8 Å². The van der Waals surface area contributed by atoms with Crippen molar-refractivity contribution in [1.29, 1.82) is 0 Å². The molecule has 0 saturated heterocycles. The highest BCUT2D eigenvalue weighted by Gasteiger charge is 2.19. The maximum Gasteiger partial charge on any atom is 0.166 e. The van der Waals surface area contributed by atoms with E-state index in [0.717, 1.165) is 29.0 Å². The molecule has 0 amide bonds. The van der Waals surface area contributed by atoms with Crippen LogP contribution in [0, 0.1) is 0 Å². The summed E-state index contributed by atoms with van der Waals surface area (Å²) in [5, 5.41) is 0. The monoisotopic (exact) mass is 253 g/mol. The molecule has 0 radical (unpaired) electrons. The molecule has 0 bridgehead atoms. The van der Waals surface area contributed by atoms with Crippen molar-refractivity contribution in [3.8, 4) is 11.5 Å². The lowest BCUT2D eigenvalue weighted by atomic mass is 9.94. The average Bonchev–Trinajstić information content (AvgIpc) is 2.28. The molecule has 0 aromatic heterocycles. The van der Waals surface area contributed by atoms with Crippen molar-refractivity contribution in [3.63, 3.8) is 0 Å². The van der Waals surface area contributed by atoms with Crippen molar-refractivity contribution in [2.24, 2.45) is 5.73 Å². The molecule has 0 spiro atoms. The lowest BCUT2D eigenvalue weighted by Crippen LogP contribution is -2.34. The number of rotatable bonds is 6. The summed E-state index contributed by atoms with van der Waals surface area (Å²) in [5.74, 6) is 1.46. The molecule has 1 aromatic carbocycles. The van der Waals surface area contributed by atoms with Gasteiger partial charge in [0.05, 0.1) is 20.8 Å². The zero-order chi connectivity index (χ0) is 13.8. The Labute approximate surface area is 109 Å². The first-order valence-corrected chi connectivity index (χ1v) is 5.93. The van der Waals surface area contributed by atoms with Crippen LogP contribution in [0.3, 0.4) is 0 Å². The van der Waals surface area contributed by atoms with Gasteiger partial charge < -0.3 is 19.9 Å². The van der Waals surface area contributed by atoms with Crippen LogP contribution >= 0.6 is 0 Å². The molecule has 4 heteroatoms. The van der Waals surface area contributed by atoms with E-state index in [2.05, 4.69) is 0 Å². The van der Waals surface area contributed by atoms with E-state index >= 15 is 0 Å². The standard InChI is InChI=1S/C14H23NO3/c1-14(2,15)8-10-6-7-11(9-16-3)13(18-5)12(10)17-4/h6-7H,8-9,15H2,1-5H3. The Morgan fingerprint density at radius 2 is 1.50 bits per heavy atom. The van der Waals surface area contributed by atoms with Gasteiger partial charge >= 0.3 is 0 Å². The van der Waals surface area contributed by atoms with Crippen molar-refractivity contribution in [2.75, 3.05) is 21.3 Å². The number of hydrogen-bond acceptors (Lipinski definition) is 4. The summed E-state index contributed by atoms with van der Waals surface area (Å²) in [6.07, 6.45) is 0.722. The van der Waals surface area contributed by atoms with Crippen LogP contribution in [0.15, 0.2) is 12.1 Å². The molecule has 0 saturated carbocycles. The first-order chi connectivity index (χ1) is 8.42. The van der Waals surface area contributed by atoms with Gasteiger partial charge in [0.2, 0.25) is 0 Å². The number of ether oxygens (including phenoxy) is 3. The molecule has 0 fully saturated rings. The number of methoxy groups -OCH3 is 3. The molecule has 102 valence electrons. The quantitative estimate of drug-likeness (QED) is 0.844. The van der Waals surface area contributed by atoms with Gasteiger partial charge in [0.1, 0.15) is 0 Å². The Kier molecular flexibility index (Phi) is 4.99. The van der Waals surface area contributed by atoms with Gasteiger partial charge in [-0.25, -0.2) is 0 Å². The van der Waals surface area contributed by atoms with E-state index in [-0.39, 0.29) is 5.54 Å². The Morgan fingerprint density at radius 1 is 1.00 bits per heavy atom. The highest BCUT2D eigenvalue weighted by molar-refractivity contribution is 5.52. The number of hydrogen-bond donors (Lipinski definition) is 1. The second kappa shape index (κ2) is 6.07. The Hall–Kier alpha value is -1.26. The van der Waals surface area contributed by atoms with Crippen LogP contribution < -0.4 is 15.2 Å². The van der Waals surface area contributed by atoms with Crippen LogP contribution in [-0.4, -0.2) is 26.9 Å². The molecule has 4 nitrogen and oxygen atoms in total.